The van der Waals surface area contributed by atoms with E-state index >= 15 is 0 Å². The molecule has 2 aromatic carbocycles. The zero-order chi connectivity index (χ0) is 17.1. The van der Waals surface area contributed by atoms with Crippen molar-refractivity contribution < 1.29 is 9.53 Å². The molecular formula is C19H17ClN2O2. The first-order valence-electron chi connectivity index (χ1n) is 7.70. The molecule has 3 aromatic rings. The average molecular weight is 341 g/mol. The monoisotopic (exact) mass is 340 g/mol. The SMILES string of the molecule is CCOC(=O)c1nn(-c2cccc(Cl)c2)c(-c2ccccc2)c1C. The van der Waals surface area contributed by atoms with Crippen LogP contribution in [-0.2, 0) is 4.74 Å². The maximum Gasteiger partial charge on any atom is 0.359 e. The molecule has 5 heteroatoms. The van der Waals surface area contributed by atoms with Crippen molar-refractivity contribution in [2.24, 2.45) is 0 Å². The molecule has 0 fully saturated rings. The van der Waals surface area contributed by atoms with Crippen molar-refractivity contribution in [1.29, 1.82) is 0 Å². The molecule has 0 aliphatic carbocycles. The minimum atomic E-state index is -0.423. The van der Waals surface area contributed by atoms with Gasteiger partial charge in [0.15, 0.2) is 5.69 Å². The lowest BCUT2D eigenvalue weighted by atomic mass is 10.1. The van der Waals surface area contributed by atoms with Crippen molar-refractivity contribution in [3.8, 4) is 16.9 Å². The van der Waals surface area contributed by atoms with Crippen molar-refractivity contribution in [2.75, 3.05) is 6.61 Å². The highest BCUT2D eigenvalue weighted by molar-refractivity contribution is 6.30. The molecule has 0 aliphatic heterocycles. The van der Waals surface area contributed by atoms with Crippen LogP contribution < -0.4 is 0 Å². The summed E-state index contributed by atoms with van der Waals surface area (Å²) >= 11 is 6.12. The molecule has 0 N–H and O–H groups in total. The fourth-order valence-corrected chi connectivity index (χ4v) is 2.80. The zero-order valence-electron chi connectivity index (χ0n) is 13.5. The van der Waals surface area contributed by atoms with Crippen LogP contribution in [0.5, 0.6) is 0 Å². The lowest BCUT2D eigenvalue weighted by Gasteiger charge is -2.09. The summed E-state index contributed by atoms with van der Waals surface area (Å²) in [5.41, 5.74) is 3.70. The quantitative estimate of drug-likeness (QED) is 0.648. The zero-order valence-corrected chi connectivity index (χ0v) is 14.2. The number of aromatic nitrogens is 2. The van der Waals surface area contributed by atoms with Crippen molar-refractivity contribution in [3.63, 3.8) is 0 Å². The Morgan fingerprint density at radius 2 is 1.92 bits per heavy atom. The molecule has 0 bridgehead atoms. The summed E-state index contributed by atoms with van der Waals surface area (Å²) in [6.07, 6.45) is 0. The fourth-order valence-electron chi connectivity index (χ4n) is 2.62. The number of ether oxygens (including phenoxy) is 1. The van der Waals surface area contributed by atoms with Gasteiger partial charge in [0.2, 0.25) is 0 Å². The number of halogens is 1. The number of rotatable bonds is 4. The van der Waals surface area contributed by atoms with E-state index in [4.69, 9.17) is 16.3 Å². The second-order valence-electron chi connectivity index (χ2n) is 5.30. The van der Waals surface area contributed by atoms with Gasteiger partial charge in [-0.1, -0.05) is 48.0 Å². The van der Waals surface area contributed by atoms with E-state index in [1.165, 1.54) is 0 Å². The van der Waals surface area contributed by atoms with Crippen molar-refractivity contribution >= 4 is 17.6 Å². The van der Waals surface area contributed by atoms with Crippen molar-refractivity contribution in [1.82, 2.24) is 9.78 Å². The largest absolute Gasteiger partial charge is 0.461 e. The molecular weight excluding hydrogens is 324 g/mol. The van der Waals surface area contributed by atoms with E-state index in [2.05, 4.69) is 5.10 Å². The molecule has 4 nitrogen and oxygen atoms in total. The molecule has 0 radical (unpaired) electrons. The highest BCUT2D eigenvalue weighted by atomic mass is 35.5. The summed E-state index contributed by atoms with van der Waals surface area (Å²) in [7, 11) is 0. The smallest absolute Gasteiger partial charge is 0.359 e. The topological polar surface area (TPSA) is 44.1 Å². The van der Waals surface area contributed by atoms with E-state index in [-0.39, 0.29) is 0 Å². The van der Waals surface area contributed by atoms with E-state index in [9.17, 15) is 4.79 Å². The van der Waals surface area contributed by atoms with Gasteiger partial charge in [0.25, 0.3) is 0 Å². The second-order valence-corrected chi connectivity index (χ2v) is 5.74. The molecule has 1 aromatic heterocycles. The Hall–Kier alpha value is -2.59. The molecule has 122 valence electrons. The molecule has 0 saturated heterocycles. The van der Waals surface area contributed by atoms with Crippen molar-refractivity contribution in [2.45, 2.75) is 13.8 Å². The molecule has 0 aliphatic rings. The second kappa shape index (κ2) is 6.89. The molecule has 0 amide bonds. The first-order valence-corrected chi connectivity index (χ1v) is 8.07. The third kappa shape index (κ3) is 3.05. The minimum Gasteiger partial charge on any atom is -0.461 e. The number of carbonyl (C=O) groups is 1. The van der Waals surface area contributed by atoms with Crippen LogP contribution in [0.1, 0.15) is 23.0 Å². The third-order valence-electron chi connectivity index (χ3n) is 3.69. The fraction of sp³-hybridized carbons (Fsp3) is 0.158. The van der Waals surface area contributed by atoms with E-state index < -0.39 is 5.97 Å². The van der Waals surface area contributed by atoms with Crippen LogP contribution in [0.25, 0.3) is 16.9 Å². The van der Waals surface area contributed by atoms with E-state index in [1.807, 2.05) is 55.5 Å². The highest BCUT2D eigenvalue weighted by Gasteiger charge is 2.22. The van der Waals surface area contributed by atoms with Gasteiger partial charge in [0, 0.05) is 16.1 Å². The first kappa shape index (κ1) is 16.3. The summed E-state index contributed by atoms with van der Waals surface area (Å²) < 4.78 is 6.87. The minimum absolute atomic E-state index is 0.309. The average Bonchev–Trinajstić information content (AvgIpc) is 2.93. The van der Waals surface area contributed by atoms with Gasteiger partial charge in [-0.25, -0.2) is 9.48 Å². The summed E-state index contributed by atoms with van der Waals surface area (Å²) in [5.74, 6) is -0.423. The third-order valence-corrected chi connectivity index (χ3v) is 3.93. The molecule has 0 atom stereocenters. The molecule has 1 heterocycles. The van der Waals surface area contributed by atoms with Gasteiger partial charge in [-0.2, -0.15) is 5.10 Å². The Labute approximate surface area is 145 Å². The Morgan fingerprint density at radius 1 is 1.17 bits per heavy atom. The molecule has 0 unspecified atom stereocenters. The van der Waals surface area contributed by atoms with Crippen LogP contribution in [0.2, 0.25) is 5.02 Å². The summed E-state index contributed by atoms with van der Waals surface area (Å²) in [6.45, 7) is 3.96. The van der Waals surface area contributed by atoms with Gasteiger partial charge in [-0.3, -0.25) is 0 Å². The molecule has 0 saturated carbocycles. The highest BCUT2D eigenvalue weighted by Crippen LogP contribution is 2.29. The predicted octanol–water partition coefficient (Wildman–Crippen LogP) is 4.68. The van der Waals surface area contributed by atoms with Crippen molar-refractivity contribution in [3.05, 3.63) is 70.9 Å². The van der Waals surface area contributed by atoms with Gasteiger partial charge in [-0.15, -0.1) is 0 Å². The summed E-state index contributed by atoms with van der Waals surface area (Å²) in [6, 6.07) is 17.2. The first-order chi connectivity index (χ1) is 11.6. The Bertz CT molecular complexity index is 872. The van der Waals surface area contributed by atoms with E-state index in [1.54, 1.807) is 17.7 Å². The number of hydrogen-bond donors (Lipinski definition) is 0. The van der Waals surface area contributed by atoms with E-state index in [0.717, 1.165) is 22.5 Å². The summed E-state index contributed by atoms with van der Waals surface area (Å²) in [5, 5.41) is 5.11. The van der Waals surface area contributed by atoms with Crippen LogP contribution in [-0.4, -0.2) is 22.4 Å². The maximum absolute atomic E-state index is 12.2. The van der Waals surface area contributed by atoms with Crippen LogP contribution in [0.15, 0.2) is 54.6 Å². The number of hydrogen-bond acceptors (Lipinski definition) is 3. The summed E-state index contributed by atoms with van der Waals surface area (Å²) in [4.78, 5) is 12.2. The Kier molecular flexibility index (Phi) is 4.67. The van der Waals surface area contributed by atoms with Gasteiger partial charge in [-0.05, 0) is 32.0 Å². The van der Waals surface area contributed by atoms with Crippen LogP contribution in [0.3, 0.4) is 0 Å². The standard InChI is InChI=1S/C19H17ClN2O2/c1-3-24-19(23)17-13(2)18(14-8-5-4-6-9-14)22(21-17)16-11-7-10-15(20)12-16/h4-12H,3H2,1-2H3. The van der Waals surface area contributed by atoms with Gasteiger partial charge in [0.05, 0.1) is 18.0 Å². The maximum atomic E-state index is 12.2. The van der Waals surface area contributed by atoms with Crippen LogP contribution in [0, 0.1) is 6.92 Å². The normalized spacial score (nSPS) is 10.6. The van der Waals surface area contributed by atoms with Crippen LogP contribution >= 0.6 is 11.6 Å². The number of nitrogens with zero attached hydrogens (tertiary/aromatic N) is 2. The van der Waals surface area contributed by atoms with Crippen LogP contribution in [0.4, 0.5) is 0 Å². The Balaban J connectivity index is 2.23. The molecule has 0 spiro atoms. The van der Waals surface area contributed by atoms with E-state index in [0.29, 0.717) is 17.3 Å². The number of carbonyl (C=O) groups excluding carboxylic acids is 1. The lowest BCUT2D eigenvalue weighted by Crippen LogP contribution is -2.07. The van der Waals surface area contributed by atoms with Gasteiger partial charge >= 0.3 is 5.97 Å². The number of esters is 1. The number of benzene rings is 2. The lowest BCUT2D eigenvalue weighted by molar-refractivity contribution is 0.0518. The van der Waals surface area contributed by atoms with Gasteiger partial charge < -0.3 is 4.74 Å². The predicted molar refractivity (Wildman–Crippen MR) is 94.7 cm³/mol. The van der Waals surface area contributed by atoms with Gasteiger partial charge in [0.1, 0.15) is 0 Å². The Morgan fingerprint density at radius 3 is 2.58 bits per heavy atom. The molecule has 3 rings (SSSR count). The molecule has 24 heavy (non-hydrogen) atoms.